The van der Waals surface area contributed by atoms with Crippen LogP contribution < -0.4 is 10.9 Å². The lowest BCUT2D eigenvalue weighted by molar-refractivity contribution is -0.147. The van der Waals surface area contributed by atoms with Crippen molar-refractivity contribution in [1.29, 1.82) is 0 Å². The fourth-order valence-corrected chi connectivity index (χ4v) is 2.60. The summed E-state index contributed by atoms with van der Waals surface area (Å²) in [5.74, 6) is -0.523. The Kier molecular flexibility index (Phi) is 5.30. The number of nitrogens with one attached hydrogen (secondary N) is 1. The normalized spacial score (nSPS) is 10.7. The van der Waals surface area contributed by atoms with E-state index in [1.807, 2.05) is 0 Å². The molecule has 27 heavy (non-hydrogen) atoms. The molecule has 2 aromatic heterocycles. The first-order valence-electron chi connectivity index (χ1n) is 8.34. The van der Waals surface area contributed by atoms with Crippen molar-refractivity contribution in [3.63, 3.8) is 0 Å². The predicted octanol–water partition coefficient (Wildman–Crippen LogP) is 1.01. The molecule has 0 saturated heterocycles. The minimum Gasteiger partial charge on any atom is -0.456 e. The monoisotopic (exact) mass is 369 g/mol. The Morgan fingerprint density at radius 2 is 2.04 bits per heavy atom. The van der Waals surface area contributed by atoms with Crippen LogP contribution >= 0.6 is 0 Å². The van der Waals surface area contributed by atoms with Gasteiger partial charge >= 0.3 is 5.97 Å². The number of hydrogen-bond donors (Lipinski definition) is 1. The smallest absolute Gasteiger partial charge is 0.308 e. The van der Waals surface area contributed by atoms with E-state index >= 15 is 0 Å². The second-order valence-electron chi connectivity index (χ2n) is 6.01. The summed E-state index contributed by atoms with van der Waals surface area (Å²) < 4.78 is 7.83. The number of rotatable bonds is 6. The summed E-state index contributed by atoms with van der Waals surface area (Å²) in [7, 11) is 1.70. The van der Waals surface area contributed by atoms with E-state index in [1.54, 1.807) is 44.3 Å². The van der Waals surface area contributed by atoms with Gasteiger partial charge in [-0.05, 0) is 19.1 Å². The lowest BCUT2D eigenvalue weighted by Crippen LogP contribution is -2.25. The van der Waals surface area contributed by atoms with Crippen LogP contribution in [0.25, 0.3) is 10.9 Å². The van der Waals surface area contributed by atoms with Crippen molar-refractivity contribution >= 4 is 28.6 Å². The van der Waals surface area contributed by atoms with Gasteiger partial charge in [-0.25, -0.2) is 4.98 Å². The Morgan fingerprint density at radius 3 is 2.78 bits per heavy atom. The maximum atomic E-state index is 12.3. The zero-order chi connectivity index (χ0) is 19.4. The van der Waals surface area contributed by atoms with Crippen molar-refractivity contribution in [1.82, 2.24) is 19.3 Å². The van der Waals surface area contributed by atoms with Gasteiger partial charge in [0.15, 0.2) is 6.61 Å². The van der Waals surface area contributed by atoms with Crippen LogP contribution in [0.2, 0.25) is 0 Å². The van der Waals surface area contributed by atoms with Crippen molar-refractivity contribution in [2.45, 2.75) is 19.9 Å². The Morgan fingerprint density at radius 1 is 1.26 bits per heavy atom. The molecule has 1 aromatic carbocycles. The minimum atomic E-state index is -0.577. The van der Waals surface area contributed by atoms with Gasteiger partial charge in [0.05, 0.1) is 29.3 Å². The highest BCUT2D eigenvalue weighted by Gasteiger charge is 2.11. The number of carbonyl (C=O) groups excluding carboxylic acids is 2. The number of aryl methyl sites for hydroxylation is 3. The van der Waals surface area contributed by atoms with E-state index in [-0.39, 0.29) is 18.5 Å². The van der Waals surface area contributed by atoms with Crippen LogP contribution in [0.1, 0.15) is 12.1 Å². The molecule has 0 radical (unpaired) electrons. The molecular weight excluding hydrogens is 350 g/mol. The molecule has 2 heterocycles. The Balaban J connectivity index is 1.51. The van der Waals surface area contributed by atoms with Gasteiger partial charge in [0.2, 0.25) is 0 Å². The van der Waals surface area contributed by atoms with Gasteiger partial charge in [0.25, 0.3) is 11.5 Å². The average molecular weight is 369 g/mol. The number of nitrogens with zero attached hydrogens (tertiary/aromatic N) is 4. The Labute approximate surface area is 154 Å². The van der Waals surface area contributed by atoms with Gasteiger partial charge in [-0.1, -0.05) is 12.1 Å². The first-order valence-corrected chi connectivity index (χ1v) is 8.34. The SMILES string of the molecule is Cc1cc(NC(=O)COC(=O)CCn2cnc3ccccc3c2=O)n(C)n1. The molecule has 0 bridgehead atoms. The minimum absolute atomic E-state index is 0.0436. The number of aromatic nitrogens is 4. The van der Waals surface area contributed by atoms with Crippen LogP contribution in [0.15, 0.2) is 41.5 Å². The summed E-state index contributed by atoms with van der Waals surface area (Å²) in [4.78, 5) is 40.3. The first kappa shape index (κ1) is 18.3. The summed E-state index contributed by atoms with van der Waals surface area (Å²) in [6.07, 6.45) is 1.35. The lowest BCUT2D eigenvalue weighted by Gasteiger charge is -2.08. The quantitative estimate of drug-likeness (QED) is 0.650. The van der Waals surface area contributed by atoms with Crippen LogP contribution in [-0.2, 0) is 27.9 Å². The molecule has 0 aliphatic rings. The van der Waals surface area contributed by atoms with Crippen molar-refractivity contribution < 1.29 is 14.3 Å². The number of anilines is 1. The number of benzene rings is 1. The molecule has 9 nitrogen and oxygen atoms in total. The molecule has 1 amide bonds. The summed E-state index contributed by atoms with van der Waals surface area (Å²) in [6, 6.07) is 8.70. The number of ether oxygens (including phenoxy) is 1. The van der Waals surface area contributed by atoms with Gasteiger partial charge < -0.3 is 10.1 Å². The molecular formula is C18H19N5O4. The first-order chi connectivity index (χ1) is 12.9. The number of carbonyl (C=O) groups is 2. The maximum Gasteiger partial charge on any atom is 0.308 e. The van der Waals surface area contributed by atoms with Crippen LogP contribution in [0.5, 0.6) is 0 Å². The second kappa shape index (κ2) is 7.81. The molecule has 0 atom stereocenters. The predicted molar refractivity (Wildman–Crippen MR) is 98.2 cm³/mol. The van der Waals surface area contributed by atoms with Crippen molar-refractivity contribution in [3.05, 3.63) is 52.7 Å². The molecule has 0 aliphatic carbocycles. The average Bonchev–Trinajstić information content (AvgIpc) is 2.96. The number of hydrogen-bond acceptors (Lipinski definition) is 6. The summed E-state index contributed by atoms with van der Waals surface area (Å²) in [6.45, 7) is 1.52. The van der Waals surface area contributed by atoms with Crippen LogP contribution in [-0.4, -0.2) is 37.8 Å². The highest BCUT2D eigenvalue weighted by molar-refractivity contribution is 5.92. The number of esters is 1. The molecule has 0 spiro atoms. The summed E-state index contributed by atoms with van der Waals surface area (Å²) in [5, 5.41) is 7.20. The van der Waals surface area contributed by atoms with E-state index in [0.29, 0.717) is 16.7 Å². The van der Waals surface area contributed by atoms with Gasteiger partial charge in [-0.3, -0.25) is 23.6 Å². The van der Waals surface area contributed by atoms with E-state index in [2.05, 4.69) is 15.4 Å². The second-order valence-corrected chi connectivity index (χ2v) is 6.01. The summed E-state index contributed by atoms with van der Waals surface area (Å²) in [5.41, 5.74) is 1.14. The molecule has 3 rings (SSSR count). The molecule has 140 valence electrons. The van der Waals surface area contributed by atoms with Crippen LogP contribution in [0.3, 0.4) is 0 Å². The zero-order valence-corrected chi connectivity index (χ0v) is 15.0. The Bertz CT molecular complexity index is 1050. The highest BCUT2D eigenvalue weighted by atomic mass is 16.5. The van der Waals surface area contributed by atoms with Gasteiger partial charge in [-0.15, -0.1) is 0 Å². The molecule has 0 saturated carbocycles. The molecule has 9 heteroatoms. The molecule has 3 aromatic rings. The Hall–Kier alpha value is -3.49. The standard InChI is InChI=1S/C18H19N5O4/c1-12-9-15(22(2)21-12)20-16(24)10-27-17(25)7-8-23-11-19-14-6-4-3-5-13(14)18(23)26/h3-6,9,11H,7-8,10H2,1-2H3,(H,20,24). The fraction of sp³-hybridized carbons (Fsp3) is 0.278. The maximum absolute atomic E-state index is 12.3. The van der Waals surface area contributed by atoms with Crippen molar-refractivity contribution in [2.75, 3.05) is 11.9 Å². The largest absolute Gasteiger partial charge is 0.456 e. The number of fused-ring (bicyclic) bond motifs is 1. The highest BCUT2D eigenvalue weighted by Crippen LogP contribution is 2.08. The van der Waals surface area contributed by atoms with E-state index < -0.39 is 18.5 Å². The van der Waals surface area contributed by atoms with Crippen LogP contribution in [0.4, 0.5) is 5.82 Å². The third-order valence-corrected chi connectivity index (χ3v) is 3.92. The van der Waals surface area contributed by atoms with E-state index in [1.165, 1.54) is 15.6 Å². The number of amides is 1. The molecule has 0 aliphatic heterocycles. The van der Waals surface area contributed by atoms with E-state index in [0.717, 1.165) is 5.69 Å². The summed E-state index contributed by atoms with van der Waals surface area (Å²) >= 11 is 0. The third kappa shape index (κ3) is 4.38. The van der Waals surface area contributed by atoms with Gasteiger partial charge in [0, 0.05) is 19.7 Å². The van der Waals surface area contributed by atoms with E-state index in [4.69, 9.17) is 4.74 Å². The topological polar surface area (TPSA) is 108 Å². The fourth-order valence-electron chi connectivity index (χ4n) is 2.60. The molecule has 1 N–H and O–H groups in total. The zero-order valence-electron chi connectivity index (χ0n) is 15.0. The van der Waals surface area contributed by atoms with Gasteiger partial charge in [-0.2, -0.15) is 5.10 Å². The third-order valence-electron chi connectivity index (χ3n) is 3.92. The van der Waals surface area contributed by atoms with Crippen LogP contribution in [0, 0.1) is 6.92 Å². The van der Waals surface area contributed by atoms with E-state index in [9.17, 15) is 14.4 Å². The lowest BCUT2D eigenvalue weighted by atomic mass is 10.2. The molecule has 0 fully saturated rings. The van der Waals surface area contributed by atoms with Gasteiger partial charge in [0.1, 0.15) is 5.82 Å². The van der Waals surface area contributed by atoms with Crippen molar-refractivity contribution in [2.24, 2.45) is 7.05 Å². The number of para-hydroxylation sites is 1. The molecule has 0 unspecified atom stereocenters. The van der Waals surface area contributed by atoms with Crippen molar-refractivity contribution in [3.8, 4) is 0 Å².